The summed E-state index contributed by atoms with van der Waals surface area (Å²) in [6.07, 6.45) is 2.45. The predicted octanol–water partition coefficient (Wildman–Crippen LogP) is 6.04. The van der Waals surface area contributed by atoms with E-state index >= 15 is 0 Å². The highest BCUT2D eigenvalue weighted by Crippen LogP contribution is 2.29. The molecule has 1 heterocycles. The highest BCUT2D eigenvalue weighted by atomic mass is 35.5. The molecule has 0 bridgehead atoms. The van der Waals surface area contributed by atoms with Crippen molar-refractivity contribution in [3.8, 4) is 0 Å². The van der Waals surface area contributed by atoms with Crippen molar-refractivity contribution >= 4 is 34.2 Å². The molecular weight excluding hydrogens is 432 g/mol. The molecular formula is C28H31ClN2O2. The fraction of sp³-hybridized carbons (Fsp3) is 0.357. The van der Waals surface area contributed by atoms with Crippen LogP contribution in [0.5, 0.6) is 0 Å². The van der Waals surface area contributed by atoms with Crippen LogP contribution in [-0.2, 0) is 4.79 Å². The summed E-state index contributed by atoms with van der Waals surface area (Å²) in [5, 5.41) is 5.88. The Morgan fingerprint density at radius 3 is 2.30 bits per heavy atom. The number of halogens is 1. The minimum absolute atomic E-state index is 0.0207. The van der Waals surface area contributed by atoms with Crippen molar-refractivity contribution in [2.24, 2.45) is 5.92 Å². The number of carbonyl (C=O) groups is 2. The maximum Gasteiger partial charge on any atom is 0.251 e. The van der Waals surface area contributed by atoms with Crippen LogP contribution in [0.3, 0.4) is 0 Å². The van der Waals surface area contributed by atoms with Gasteiger partial charge >= 0.3 is 0 Å². The van der Waals surface area contributed by atoms with E-state index in [1.807, 2.05) is 59.5 Å². The molecule has 0 saturated carbocycles. The lowest BCUT2D eigenvalue weighted by Crippen LogP contribution is -2.51. The van der Waals surface area contributed by atoms with Gasteiger partial charge in [-0.05, 0) is 71.7 Å². The zero-order chi connectivity index (χ0) is 23.4. The van der Waals surface area contributed by atoms with E-state index in [-0.39, 0.29) is 11.8 Å². The summed E-state index contributed by atoms with van der Waals surface area (Å²) in [7, 11) is 0. The second-order valence-corrected chi connectivity index (χ2v) is 9.81. The zero-order valence-corrected chi connectivity index (χ0v) is 20.0. The Labute approximate surface area is 200 Å². The van der Waals surface area contributed by atoms with Crippen molar-refractivity contribution < 1.29 is 9.59 Å². The van der Waals surface area contributed by atoms with Gasteiger partial charge in [-0.3, -0.25) is 9.59 Å². The second-order valence-electron chi connectivity index (χ2n) is 9.37. The molecule has 0 spiro atoms. The normalized spacial score (nSPS) is 15.6. The highest BCUT2D eigenvalue weighted by molar-refractivity contribution is 6.30. The Balaban J connectivity index is 1.42. The fourth-order valence-corrected chi connectivity index (χ4v) is 4.78. The molecule has 172 valence electrons. The van der Waals surface area contributed by atoms with E-state index in [1.54, 1.807) is 0 Å². The van der Waals surface area contributed by atoms with E-state index < -0.39 is 6.04 Å². The molecule has 1 fully saturated rings. The lowest BCUT2D eigenvalue weighted by Gasteiger charge is -2.35. The van der Waals surface area contributed by atoms with Crippen molar-refractivity contribution in [2.75, 3.05) is 13.1 Å². The van der Waals surface area contributed by atoms with Crippen molar-refractivity contribution in [3.05, 3.63) is 82.9 Å². The van der Waals surface area contributed by atoms with E-state index in [9.17, 15) is 9.59 Å². The summed E-state index contributed by atoms with van der Waals surface area (Å²) in [4.78, 5) is 28.4. The van der Waals surface area contributed by atoms with Gasteiger partial charge in [-0.25, -0.2) is 0 Å². The number of benzene rings is 3. The van der Waals surface area contributed by atoms with E-state index in [0.717, 1.165) is 28.6 Å². The van der Waals surface area contributed by atoms with E-state index in [2.05, 4.69) is 31.3 Å². The molecule has 33 heavy (non-hydrogen) atoms. The number of piperidine rings is 1. The SMILES string of the molecule is CC(C)CC(NC(=O)c1ccc2ccccc2c1)C(=O)N1CCC(c2ccc(Cl)cc2)CC1. The van der Waals surface area contributed by atoms with Gasteiger partial charge in [0.1, 0.15) is 6.04 Å². The molecule has 1 aliphatic heterocycles. The number of nitrogens with one attached hydrogen (secondary N) is 1. The first kappa shape index (κ1) is 23.3. The second kappa shape index (κ2) is 10.4. The Morgan fingerprint density at radius 2 is 1.64 bits per heavy atom. The molecule has 4 nitrogen and oxygen atoms in total. The number of likely N-dealkylation sites (tertiary alicyclic amines) is 1. The Morgan fingerprint density at radius 1 is 0.970 bits per heavy atom. The number of hydrogen-bond donors (Lipinski definition) is 1. The minimum atomic E-state index is -0.518. The average Bonchev–Trinajstić information content (AvgIpc) is 2.83. The van der Waals surface area contributed by atoms with Crippen LogP contribution >= 0.6 is 11.6 Å². The Kier molecular flexibility index (Phi) is 7.34. The van der Waals surface area contributed by atoms with Gasteiger partial charge in [-0.1, -0.05) is 67.9 Å². The third-order valence-electron chi connectivity index (χ3n) is 6.47. The van der Waals surface area contributed by atoms with Gasteiger partial charge in [-0.15, -0.1) is 0 Å². The largest absolute Gasteiger partial charge is 0.341 e. The average molecular weight is 463 g/mol. The first-order valence-electron chi connectivity index (χ1n) is 11.7. The summed E-state index contributed by atoms with van der Waals surface area (Å²) in [6, 6.07) is 21.1. The first-order valence-corrected chi connectivity index (χ1v) is 12.1. The van der Waals surface area contributed by atoms with Crippen molar-refractivity contribution in [1.82, 2.24) is 10.2 Å². The molecule has 3 aromatic carbocycles. The summed E-state index contributed by atoms with van der Waals surface area (Å²) in [6.45, 7) is 5.56. The number of carbonyl (C=O) groups excluding carboxylic acids is 2. The summed E-state index contributed by atoms with van der Waals surface area (Å²) in [5.74, 6) is 0.549. The standard InChI is InChI=1S/C28H31ClN2O2/c1-19(2)17-26(30-27(32)24-8-7-20-5-3-4-6-23(20)18-24)28(33)31-15-13-22(14-16-31)21-9-11-25(29)12-10-21/h3-12,18-19,22,26H,13-17H2,1-2H3,(H,30,32). The molecule has 1 unspecified atom stereocenters. The lowest BCUT2D eigenvalue weighted by atomic mass is 9.89. The molecule has 3 aromatic rings. The van der Waals surface area contributed by atoms with E-state index in [0.29, 0.717) is 36.9 Å². The predicted molar refractivity (Wildman–Crippen MR) is 135 cm³/mol. The van der Waals surface area contributed by atoms with Crippen molar-refractivity contribution in [1.29, 1.82) is 0 Å². The van der Waals surface area contributed by atoms with Gasteiger partial charge in [0.2, 0.25) is 5.91 Å². The number of fused-ring (bicyclic) bond motifs is 1. The van der Waals surface area contributed by atoms with Gasteiger partial charge in [-0.2, -0.15) is 0 Å². The van der Waals surface area contributed by atoms with E-state index in [4.69, 9.17) is 11.6 Å². The topological polar surface area (TPSA) is 49.4 Å². The van der Waals surface area contributed by atoms with Crippen LogP contribution in [0.1, 0.15) is 54.9 Å². The summed E-state index contributed by atoms with van der Waals surface area (Å²) in [5.41, 5.74) is 1.85. The highest BCUT2D eigenvalue weighted by Gasteiger charge is 2.30. The smallest absolute Gasteiger partial charge is 0.251 e. The summed E-state index contributed by atoms with van der Waals surface area (Å²) >= 11 is 6.02. The molecule has 2 amide bonds. The lowest BCUT2D eigenvalue weighted by molar-refractivity contribution is -0.134. The van der Waals surface area contributed by atoms with Crippen LogP contribution in [0.2, 0.25) is 5.02 Å². The Hall–Kier alpha value is -2.85. The number of hydrogen-bond acceptors (Lipinski definition) is 2. The van der Waals surface area contributed by atoms with Gasteiger partial charge in [0.25, 0.3) is 5.91 Å². The molecule has 1 atom stereocenters. The number of nitrogens with zero attached hydrogens (tertiary/aromatic N) is 1. The quantitative estimate of drug-likeness (QED) is 0.485. The zero-order valence-electron chi connectivity index (χ0n) is 19.3. The molecule has 4 rings (SSSR count). The summed E-state index contributed by atoms with van der Waals surface area (Å²) < 4.78 is 0. The van der Waals surface area contributed by atoms with Crippen molar-refractivity contribution in [2.45, 2.75) is 45.1 Å². The Bertz CT molecular complexity index is 1120. The van der Waals surface area contributed by atoms with Gasteiger partial charge in [0.15, 0.2) is 0 Å². The van der Waals surface area contributed by atoms with Gasteiger partial charge < -0.3 is 10.2 Å². The van der Waals surface area contributed by atoms with Gasteiger partial charge in [0.05, 0.1) is 0 Å². The third-order valence-corrected chi connectivity index (χ3v) is 6.72. The number of rotatable bonds is 6. The molecule has 0 aromatic heterocycles. The molecule has 0 radical (unpaired) electrons. The molecule has 1 saturated heterocycles. The van der Waals surface area contributed by atoms with E-state index in [1.165, 1.54) is 5.56 Å². The van der Waals surface area contributed by atoms with Crippen LogP contribution < -0.4 is 5.32 Å². The van der Waals surface area contributed by atoms with Crippen LogP contribution in [0.4, 0.5) is 0 Å². The molecule has 0 aliphatic carbocycles. The molecule has 1 aliphatic rings. The van der Waals surface area contributed by atoms with Crippen LogP contribution in [0.25, 0.3) is 10.8 Å². The monoisotopic (exact) mass is 462 g/mol. The third kappa shape index (κ3) is 5.75. The molecule has 1 N–H and O–H groups in total. The van der Waals surface area contributed by atoms with Gasteiger partial charge in [0, 0.05) is 23.7 Å². The first-order chi connectivity index (χ1) is 15.9. The van der Waals surface area contributed by atoms with Crippen LogP contribution in [-0.4, -0.2) is 35.8 Å². The van der Waals surface area contributed by atoms with Crippen LogP contribution in [0.15, 0.2) is 66.7 Å². The maximum atomic E-state index is 13.4. The number of amides is 2. The van der Waals surface area contributed by atoms with Crippen molar-refractivity contribution in [3.63, 3.8) is 0 Å². The minimum Gasteiger partial charge on any atom is -0.341 e. The maximum absolute atomic E-state index is 13.4. The molecule has 5 heteroatoms. The van der Waals surface area contributed by atoms with Crippen LogP contribution in [0, 0.1) is 5.92 Å². The fourth-order valence-electron chi connectivity index (χ4n) is 4.65.